The summed E-state index contributed by atoms with van der Waals surface area (Å²) in [6, 6.07) is 1.15. The first-order valence-electron chi connectivity index (χ1n) is 5.35. The van der Waals surface area contributed by atoms with Crippen LogP contribution in [0.25, 0.3) is 0 Å². The zero-order valence-electron chi connectivity index (χ0n) is 10.4. The third-order valence-electron chi connectivity index (χ3n) is 1.93. The van der Waals surface area contributed by atoms with Crippen molar-refractivity contribution in [2.45, 2.75) is 39.3 Å². The van der Waals surface area contributed by atoms with Crippen LogP contribution in [-0.4, -0.2) is 23.5 Å². The lowest BCUT2D eigenvalue weighted by Crippen LogP contribution is -2.41. The largest absolute Gasteiger partial charge is 0.444 e. The summed E-state index contributed by atoms with van der Waals surface area (Å²) in [6.45, 7) is 6.97. The van der Waals surface area contributed by atoms with Crippen molar-refractivity contribution < 1.29 is 14.3 Å². The molecule has 5 heteroatoms. The zero-order chi connectivity index (χ0) is 13.1. The molecule has 0 fully saturated rings. The molecule has 0 unspecified atom stereocenters. The van der Waals surface area contributed by atoms with Crippen molar-refractivity contribution in [3.05, 3.63) is 22.4 Å². The standard InChI is InChI=1S/C12H17NO3S/c1-8(10(14)9-5-6-17-7-9)13-11(15)16-12(2,3)4/h5-8H,1-4H3,(H,13,15)/t8-/m0/s1. The maximum Gasteiger partial charge on any atom is 0.408 e. The Labute approximate surface area is 105 Å². The molecule has 1 aromatic rings. The molecule has 1 N–H and O–H groups in total. The summed E-state index contributed by atoms with van der Waals surface area (Å²) in [7, 11) is 0. The first-order valence-corrected chi connectivity index (χ1v) is 6.30. The monoisotopic (exact) mass is 255 g/mol. The number of hydrogen-bond acceptors (Lipinski definition) is 4. The van der Waals surface area contributed by atoms with Crippen molar-refractivity contribution >= 4 is 23.2 Å². The van der Waals surface area contributed by atoms with Crippen LogP contribution in [0.15, 0.2) is 16.8 Å². The molecule has 0 radical (unpaired) electrons. The van der Waals surface area contributed by atoms with Gasteiger partial charge < -0.3 is 10.1 Å². The van der Waals surface area contributed by atoms with E-state index < -0.39 is 17.7 Å². The van der Waals surface area contributed by atoms with Gasteiger partial charge in [-0.1, -0.05) is 0 Å². The number of thiophene rings is 1. The maximum atomic E-state index is 11.8. The fraction of sp³-hybridized carbons (Fsp3) is 0.500. The van der Waals surface area contributed by atoms with Gasteiger partial charge in [0, 0.05) is 10.9 Å². The molecular weight excluding hydrogens is 238 g/mol. The lowest BCUT2D eigenvalue weighted by Gasteiger charge is -2.21. The molecule has 1 heterocycles. The van der Waals surface area contributed by atoms with Gasteiger partial charge in [0.2, 0.25) is 0 Å². The van der Waals surface area contributed by atoms with Crippen molar-refractivity contribution in [1.82, 2.24) is 5.32 Å². The average Bonchev–Trinajstić information content (AvgIpc) is 2.65. The van der Waals surface area contributed by atoms with Crippen LogP contribution in [0.3, 0.4) is 0 Å². The van der Waals surface area contributed by atoms with Gasteiger partial charge in [0.05, 0.1) is 6.04 Å². The molecule has 0 saturated heterocycles. The second-order valence-corrected chi connectivity index (χ2v) is 5.52. The average molecular weight is 255 g/mol. The van der Waals surface area contributed by atoms with Gasteiger partial charge in [-0.2, -0.15) is 11.3 Å². The van der Waals surface area contributed by atoms with E-state index in [0.29, 0.717) is 5.56 Å². The zero-order valence-corrected chi connectivity index (χ0v) is 11.3. The van der Waals surface area contributed by atoms with Crippen molar-refractivity contribution in [3.8, 4) is 0 Å². The van der Waals surface area contributed by atoms with Gasteiger partial charge in [-0.25, -0.2) is 4.79 Å². The Balaban J connectivity index is 2.52. The van der Waals surface area contributed by atoms with Crippen LogP contribution in [0.2, 0.25) is 0 Å². The molecule has 0 aliphatic rings. The number of ether oxygens (including phenoxy) is 1. The summed E-state index contributed by atoms with van der Waals surface area (Å²) >= 11 is 1.45. The van der Waals surface area contributed by atoms with Crippen LogP contribution < -0.4 is 5.32 Å². The minimum Gasteiger partial charge on any atom is -0.444 e. The third kappa shape index (κ3) is 4.56. The Morgan fingerprint density at radius 2 is 2.06 bits per heavy atom. The summed E-state index contributed by atoms with van der Waals surface area (Å²) in [6.07, 6.45) is -0.575. The number of carbonyl (C=O) groups excluding carboxylic acids is 2. The molecular formula is C12H17NO3S. The molecule has 0 aliphatic heterocycles. The van der Waals surface area contributed by atoms with Gasteiger partial charge in [0.1, 0.15) is 5.60 Å². The number of alkyl carbamates (subject to hydrolysis) is 1. The predicted octanol–water partition coefficient (Wildman–Crippen LogP) is 2.84. The highest BCUT2D eigenvalue weighted by atomic mass is 32.1. The first kappa shape index (κ1) is 13.7. The normalized spacial score (nSPS) is 12.9. The fourth-order valence-electron chi connectivity index (χ4n) is 1.20. The van der Waals surface area contributed by atoms with Crippen LogP contribution in [-0.2, 0) is 4.74 Å². The number of rotatable bonds is 3. The molecule has 0 aromatic carbocycles. The SMILES string of the molecule is C[C@H](NC(=O)OC(C)(C)C)C(=O)c1ccsc1. The van der Waals surface area contributed by atoms with E-state index in [2.05, 4.69) is 5.32 Å². The van der Waals surface area contributed by atoms with Gasteiger partial charge >= 0.3 is 6.09 Å². The van der Waals surface area contributed by atoms with E-state index in [1.807, 2.05) is 5.38 Å². The molecule has 94 valence electrons. The van der Waals surface area contributed by atoms with Crippen LogP contribution >= 0.6 is 11.3 Å². The quantitative estimate of drug-likeness (QED) is 0.845. The Morgan fingerprint density at radius 3 is 2.53 bits per heavy atom. The molecule has 0 saturated carbocycles. The number of hydrogen-bond donors (Lipinski definition) is 1. The Bertz CT molecular complexity index is 392. The molecule has 1 rings (SSSR count). The van der Waals surface area contributed by atoms with Crippen LogP contribution in [0.4, 0.5) is 4.79 Å². The lowest BCUT2D eigenvalue weighted by atomic mass is 10.1. The van der Waals surface area contributed by atoms with E-state index in [0.717, 1.165) is 0 Å². The second kappa shape index (κ2) is 5.31. The van der Waals surface area contributed by atoms with Gasteiger partial charge in [0.15, 0.2) is 5.78 Å². The van der Waals surface area contributed by atoms with Gasteiger partial charge in [-0.3, -0.25) is 4.79 Å². The maximum absolute atomic E-state index is 11.8. The molecule has 0 spiro atoms. The van der Waals surface area contributed by atoms with E-state index in [-0.39, 0.29) is 5.78 Å². The molecule has 1 atom stereocenters. The molecule has 1 aromatic heterocycles. The van der Waals surface area contributed by atoms with Crippen LogP contribution in [0, 0.1) is 0 Å². The molecule has 0 bridgehead atoms. The number of amides is 1. The number of Topliss-reactive ketones (excluding diaryl/α,β-unsaturated/α-hetero) is 1. The summed E-state index contributed by atoms with van der Waals surface area (Å²) < 4.78 is 5.08. The smallest absolute Gasteiger partial charge is 0.408 e. The minimum atomic E-state index is -0.584. The molecule has 4 nitrogen and oxygen atoms in total. The number of carbonyl (C=O) groups is 2. The minimum absolute atomic E-state index is 0.114. The number of nitrogens with one attached hydrogen (secondary N) is 1. The first-order chi connectivity index (χ1) is 7.79. The highest BCUT2D eigenvalue weighted by molar-refractivity contribution is 7.08. The Kier molecular flexibility index (Phi) is 4.28. The molecule has 17 heavy (non-hydrogen) atoms. The lowest BCUT2D eigenvalue weighted by molar-refractivity contribution is 0.0497. The summed E-state index contributed by atoms with van der Waals surface area (Å²) in [5, 5.41) is 6.10. The summed E-state index contributed by atoms with van der Waals surface area (Å²) in [4.78, 5) is 23.3. The van der Waals surface area contributed by atoms with Crippen molar-refractivity contribution in [2.75, 3.05) is 0 Å². The van der Waals surface area contributed by atoms with Gasteiger partial charge in [-0.15, -0.1) is 0 Å². The van der Waals surface area contributed by atoms with E-state index in [1.165, 1.54) is 11.3 Å². The van der Waals surface area contributed by atoms with Crippen molar-refractivity contribution in [3.63, 3.8) is 0 Å². The fourth-order valence-corrected chi connectivity index (χ4v) is 1.85. The van der Waals surface area contributed by atoms with Crippen LogP contribution in [0.5, 0.6) is 0 Å². The van der Waals surface area contributed by atoms with E-state index in [4.69, 9.17) is 4.74 Å². The Morgan fingerprint density at radius 1 is 1.41 bits per heavy atom. The summed E-state index contributed by atoms with van der Waals surface area (Å²) in [5.41, 5.74) is 0.0495. The predicted molar refractivity (Wildman–Crippen MR) is 67.5 cm³/mol. The van der Waals surface area contributed by atoms with Gasteiger partial charge in [-0.05, 0) is 39.1 Å². The molecule has 1 amide bonds. The number of ketones is 1. The van der Waals surface area contributed by atoms with Crippen LogP contribution in [0.1, 0.15) is 38.1 Å². The second-order valence-electron chi connectivity index (χ2n) is 4.74. The highest BCUT2D eigenvalue weighted by Crippen LogP contribution is 2.10. The Hall–Kier alpha value is -1.36. The summed E-state index contributed by atoms with van der Waals surface area (Å²) in [5.74, 6) is -0.114. The van der Waals surface area contributed by atoms with E-state index >= 15 is 0 Å². The highest BCUT2D eigenvalue weighted by Gasteiger charge is 2.21. The van der Waals surface area contributed by atoms with Crippen molar-refractivity contribution in [1.29, 1.82) is 0 Å². The molecule has 0 aliphatic carbocycles. The van der Waals surface area contributed by atoms with Gasteiger partial charge in [0.25, 0.3) is 0 Å². The van der Waals surface area contributed by atoms with E-state index in [9.17, 15) is 9.59 Å². The van der Waals surface area contributed by atoms with E-state index in [1.54, 1.807) is 39.1 Å². The third-order valence-corrected chi connectivity index (χ3v) is 2.62. The van der Waals surface area contributed by atoms with Crippen molar-refractivity contribution in [2.24, 2.45) is 0 Å². The topological polar surface area (TPSA) is 55.4 Å².